The minimum atomic E-state index is -4.95. The Balaban J connectivity index is 4.75. The summed E-state index contributed by atoms with van der Waals surface area (Å²) in [5, 5.41) is 20.6. The van der Waals surface area contributed by atoms with Gasteiger partial charge in [-0.25, -0.2) is 9.13 Å². The number of allylic oxidation sites excluding steroid dienone is 28. The molecular weight excluding hydrogens is 1240 g/mol. The number of aliphatic hydroxyl groups excluding tert-OH is 2. The van der Waals surface area contributed by atoms with Crippen LogP contribution >= 0.6 is 15.6 Å². The molecule has 5 unspecified atom stereocenters. The van der Waals surface area contributed by atoms with E-state index in [1.165, 1.54) is 0 Å². The zero-order valence-corrected chi connectivity index (χ0v) is 60.1. The van der Waals surface area contributed by atoms with E-state index < -0.39 is 91.5 Å². The molecular formula is C77H124O16P2. The van der Waals surface area contributed by atoms with E-state index in [9.17, 15) is 43.5 Å². The Hall–Kier alpha value is -5.09. The molecule has 0 saturated heterocycles. The molecule has 0 aromatic carbocycles. The van der Waals surface area contributed by atoms with Crippen molar-refractivity contribution in [2.75, 3.05) is 39.6 Å². The third kappa shape index (κ3) is 70.1. The molecule has 0 bridgehead atoms. The second-order valence-corrected chi connectivity index (χ2v) is 25.8. The lowest BCUT2D eigenvalue weighted by atomic mass is 10.1. The van der Waals surface area contributed by atoms with Crippen molar-refractivity contribution in [2.24, 2.45) is 0 Å². The molecule has 0 aromatic heterocycles. The second kappa shape index (κ2) is 68.8. The highest BCUT2D eigenvalue weighted by Crippen LogP contribution is 2.45. The first-order valence-corrected chi connectivity index (χ1v) is 38.4. The number of aliphatic hydroxyl groups is 2. The van der Waals surface area contributed by atoms with Crippen molar-refractivity contribution in [1.29, 1.82) is 0 Å². The van der Waals surface area contributed by atoms with Crippen LogP contribution in [0, 0.1) is 0 Å². The Kier molecular flexibility index (Phi) is 65.1. The van der Waals surface area contributed by atoms with Crippen LogP contribution in [-0.4, -0.2) is 95.9 Å². The largest absolute Gasteiger partial charge is 0.472 e. The number of carbonyl (C=O) groups is 3. The SMILES string of the molecule is CC/C=C\C/C=C\C/C=C\C/C=C\C/C=C\C/C=C\CCCCCCC(=O)OCC(O)COP(=O)(O)OCC(O)COP(=O)(O)OCC(COC(=O)CCCCC/C=C\C/C=C\C/C=C\C/C=C\C/C=C\CC)OC(=O)CCCCCCCCC/C=C\C/C=C\C/C=C\CC. The van der Waals surface area contributed by atoms with Gasteiger partial charge in [-0.05, 0) is 148 Å². The minimum absolute atomic E-state index is 0.0783. The van der Waals surface area contributed by atoms with Crippen LogP contribution in [0.5, 0.6) is 0 Å². The number of phosphoric ester groups is 2. The smallest absolute Gasteiger partial charge is 0.463 e. The number of ether oxygens (including phenoxy) is 3. The van der Waals surface area contributed by atoms with E-state index in [2.05, 4.69) is 191 Å². The van der Waals surface area contributed by atoms with Gasteiger partial charge in [0.2, 0.25) is 0 Å². The molecule has 5 atom stereocenters. The minimum Gasteiger partial charge on any atom is -0.463 e. The van der Waals surface area contributed by atoms with Gasteiger partial charge >= 0.3 is 33.6 Å². The third-order valence-corrected chi connectivity index (χ3v) is 15.8. The lowest BCUT2D eigenvalue weighted by molar-refractivity contribution is -0.161. The summed E-state index contributed by atoms with van der Waals surface area (Å²) in [6.45, 7) is 2.22. The van der Waals surface area contributed by atoms with E-state index in [1.54, 1.807) is 0 Å². The number of carbonyl (C=O) groups excluding carboxylic acids is 3. The zero-order chi connectivity index (χ0) is 69.5. The fraction of sp³-hybridized carbons (Fsp3) is 0.597. The number of esters is 3. The summed E-state index contributed by atoms with van der Waals surface area (Å²) in [7, 11) is -9.82. The monoisotopic (exact) mass is 1370 g/mol. The molecule has 538 valence electrons. The van der Waals surface area contributed by atoms with Gasteiger partial charge in [-0.2, -0.15) is 0 Å². The first-order valence-electron chi connectivity index (χ1n) is 35.4. The number of phosphoric acid groups is 2. The van der Waals surface area contributed by atoms with Crippen LogP contribution in [-0.2, 0) is 55.8 Å². The molecule has 0 aliphatic carbocycles. The summed E-state index contributed by atoms with van der Waals surface area (Å²) in [4.78, 5) is 58.5. The van der Waals surface area contributed by atoms with Crippen molar-refractivity contribution in [3.63, 3.8) is 0 Å². The van der Waals surface area contributed by atoms with Crippen molar-refractivity contribution in [2.45, 2.75) is 257 Å². The molecule has 0 heterocycles. The fourth-order valence-corrected chi connectivity index (χ4v) is 10.2. The van der Waals surface area contributed by atoms with E-state index in [0.717, 1.165) is 180 Å². The van der Waals surface area contributed by atoms with Crippen LogP contribution in [0.1, 0.15) is 239 Å². The molecule has 0 saturated carbocycles. The van der Waals surface area contributed by atoms with Crippen molar-refractivity contribution in [3.8, 4) is 0 Å². The van der Waals surface area contributed by atoms with Crippen molar-refractivity contribution in [1.82, 2.24) is 0 Å². The van der Waals surface area contributed by atoms with Crippen LogP contribution in [0.2, 0.25) is 0 Å². The summed E-state index contributed by atoms with van der Waals surface area (Å²) < 4.78 is 60.9. The van der Waals surface area contributed by atoms with E-state index >= 15 is 0 Å². The molecule has 4 N–H and O–H groups in total. The van der Waals surface area contributed by atoms with Gasteiger partial charge in [0.15, 0.2) is 6.10 Å². The van der Waals surface area contributed by atoms with Crippen molar-refractivity contribution < 1.29 is 75.8 Å². The van der Waals surface area contributed by atoms with Crippen LogP contribution in [0.4, 0.5) is 0 Å². The van der Waals surface area contributed by atoms with Gasteiger partial charge in [0, 0.05) is 19.3 Å². The number of hydrogen-bond acceptors (Lipinski definition) is 14. The standard InChI is InChI=1S/C77H124O16P2/c1-4-7-10-13-16-19-22-25-28-31-33-34-35-36-38-41-42-45-48-51-54-57-60-63-75(80)87-66-72(78)67-89-94(83,84)90-68-73(79)69-91-95(85,86)92-71-74(93-77(82)65-62-59-56-53-50-47-44-39-30-27-24-21-18-15-12-9-6-3)70-88-76(81)64-61-58-55-52-49-46-43-40-37-32-29-26-23-20-17-14-11-8-5-2/h7-12,16-21,25-30,33-34,36-38,40,42,45-46,49,72-74,78-79H,4-6,13-15,22-24,31-32,35,39,41,43-44,47-48,50-71H2,1-3H3,(H,83,84)(H,85,86)/b10-7-,11-8-,12-9-,19-16-,20-17-,21-18-,28-25-,29-26-,30-27-,34-33-,38-36-,40-37-,45-42-,49-46-. The number of rotatable bonds is 65. The van der Waals surface area contributed by atoms with Crippen LogP contribution < -0.4 is 0 Å². The molecule has 0 rings (SSSR count). The Morgan fingerprint density at radius 2 is 0.526 bits per heavy atom. The van der Waals surface area contributed by atoms with E-state index in [1.807, 2.05) is 0 Å². The second-order valence-electron chi connectivity index (χ2n) is 22.9. The van der Waals surface area contributed by atoms with Gasteiger partial charge in [-0.1, -0.05) is 242 Å². The average Bonchev–Trinajstić information content (AvgIpc) is 2.05. The molecule has 16 nitrogen and oxygen atoms in total. The van der Waals surface area contributed by atoms with Gasteiger partial charge < -0.3 is 34.2 Å². The zero-order valence-electron chi connectivity index (χ0n) is 58.3. The van der Waals surface area contributed by atoms with Crippen LogP contribution in [0.3, 0.4) is 0 Å². The highest BCUT2D eigenvalue weighted by molar-refractivity contribution is 7.47. The molecule has 0 radical (unpaired) electrons. The van der Waals surface area contributed by atoms with Gasteiger partial charge in [0.05, 0.1) is 26.4 Å². The summed E-state index contributed by atoms with van der Waals surface area (Å²) in [5.41, 5.74) is 0. The van der Waals surface area contributed by atoms with Crippen molar-refractivity contribution in [3.05, 3.63) is 170 Å². The fourth-order valence-electron chi connectivity index (χ4n) is 8.61. The molecule has 0 spiro atoms. The quantitative estimate of drug-likeness (QED) is 0.0146. The van der Waals surface area contributed by atoms with E-state index in [-0.39, 0.29) is 19.3 Å². The molecule has 0 aliphatic heterocycles. The Morgan fingerprint density at radius 1 is 0.295 bits per heavy atom. The van der Waals surface area contributed by atoms with Gasteiger partial charge in [0.25, 0.3) is 0 Å². The number of unbranched alkanes of at least 4 members (excludes halogenated alkanes) is 14. The molecule has 0 amide bonds. The number of hydrogen-bond donors (Lipinski definition) is 4. The molecule has 18 heteroatoms. The average molecular weight is 1370 g/mol. The Morgan fingerprint density at radius 3 is 0.842 bits per heavy atom. The predicted molar refractivity (Wildman–Crippen MR) is 389 cm³/mol. The Labute approximate surface area is 573 Å². The van der Waals surface area contributed by atoms with E-state index in [0.29, 0.717) is 19.3 Å². The van der Waals surface area contributed by atoms with Gasteiger partial charge in [-0.15, -0.1) is 0 Å². The molecule has 95 heavy (non-hydrogen) atoms. The van der Waals surface area contributed by atoms with Gasteiger partial charge in [-0.3, -0.25) is 32.5 Å². The van der Waals surface area contributed by atoms with Crippen LogP contribution in [0.25, 0.3) is 0 Å². The van der Waals surface area contributed by atoms with Crippen molar-refractivity contribution >= 4 is 33.6 Å². The van der Waals surface area contributed by atoms with Crippen LogP contribution in [0.15, 0.2) is 170 Å². The van der Waals surface area contributed by atoms with Gasteiger partial charge in [0.1, 0.15) is 25.4 Å². The first kappa shape index (κ1) is 89.9. The summed E-state index contributed by atoms with van der Waals surface area (Å²) in [5.74, 6) is -1.66. The highest BCUT2D eigenvalue weighted by Gasteiger charge is 2.29. The lowest BCUT2D eigenvalue weighted by Crippen LogP contribution is -2.30. The third-order valence-electron chi connectivity index (χ3n) is 13.9. The topological polar surface area (TPSA) is 231 Å². The molecule has 0 fully saturated rings. The maximum atomic E-state index is 13.0. The van der Waals surface area contributed by atoms with E-state index in [4.69, 9.17) is 32.3 Å². The lowest BCUT2D eigenvalue weighted by Gasteiger charge is -2.21. The maximum Gasteiger partial charge on any atom is 0.472 e. The molecule has 0 aromatic rings. The Bertz CT molecular complexity index is 2410. The first-order chi connectivity index (χ1) is 46.2. The summed E-state index contributed by atoms with van der Waals surface area (Å²) in [6, 6.07) is 0. The highest BCUT2D eigenvalue weighted by atomic mass is 31.2. The normalized spacial score (nSPS) is 15.1. The maximum absolute atomic E-state index is 13.0. The summed E-state index contributed by atoms with van der Waals surface area (Å²) in [6.07, 6.45) is 85.4. The molecule has 0 aliphatic rings. The summed E-state index contributed by atoms with van der Waals surface area (Å²) >= 11 is 0. The predicted octanol–water partition coefficient (Wildman–Crippen LogP) is 20.1.